The molecule has 0 radical (unpaired) electrons. The minimum Gasteiger partial charge on any atom is -0.453 e. The van der Waals surface area contributed by atoms with Gasteiger partial charge in [0.2, 0.25) is 11.8 Å². The van der Waals surface area contributed by atoms with Crippen LogP contribution in [0.25, 0.3) is 0 Å². The van der Waals surface area contributed by atoms with Crippen molar-refractivity contribution in [3.8, 4) is 0 Å². The molecule has 9 nitrogen and oxygen atoms in total. The third-order valence-electron chi connectivity index (χ3n) is 3.96. The highest BCUT2D eigenvalue weighted by Gasteiger charge is 2.30. The standard InChI is InChI=1S/C18H15N3O6S/c1-27-18(26)20-16(25)12-7-8-28-17(12)19-15(24)10-3-2-4-11(9-10)21-13(22)5-6-14(21)23/h2-4,7-9H,5-6H2,1H3,(H,19,24)(H,20,25,26). The van der Waals surface area contributed by atoms with Crippen molar-refractivity contribution >= 4 is 51.7 Å². The van der Waals surface area contributed by atoms with E-state index in [0.717, 1.165) is 23.3 Å². The number of carbonyl (C=O) groups excluding carboxylic acids is 5. The number of thiophene rings is 1. The fraction of sp³-hybridized carbons (Fsp3) is 0.167. The second-order valence-corrected chi connectivity index (χ2v) is 6.65. The molecule has 3 rings (SSSR count). The van der Waals surface area contributed by atoms with Crippen molar-refractivity contribution in [2.45, 2.75) is 12.8 Å². The van der Waals surface area contributed by atoms with Crippen LogP contribution in [0.4, 0.5) is 15.5 Å². The van der Waals surface area contributed by atoms with Gasteiger partial charge in [-0.15, -0.1) is 11.3 Å². The summed E-state index contributed by atoms with van der Waals surface area (Å²) >= 11 is 1.10. The Morgan fingerprint density at radius 3 is 2.46 bits per heavy atom. The predicted molar refractivity (Wildman–Crippen MR) is 100 cm³/mol. The second-order valence-electron chi connectivity index (χ2n) is 5.74. The Morgan fingerprint density at radius 2 is 1.79 bits per heavy atom. The lowest BCUT2D eigenvalue weighted by molar-refractivity contribution is -0.121. The van der Waals surface area contributed by atoms with Crippen LogP contribution >= 0.6 is 11.3 Å². The number of nitrogens with zero attached hydrogens (tertiary/aromatic N) is 1. The number of benzene rings is 1. The first-order valence-electron chi connectivity index (χ1n) is 8.14. The summed E-state index contributed by atoms with van der Waals surface area (Å²) in [5.74, 6) is -1.88. The number of carbonyl (C=O) groups is 5. The monoisotopic (exact) mass is 401 g/mol. The Morgan fingerprint density at radius 1 is 1.07 bits per heavy atom. The van der Waals surface area contributed by atoms with Crippen LogP contribution < -0.4 is 15.5 Å². The highest BCUT2D eigenvalue weighted by Crippen LogP contribution is 2.26. The molecule has 1 aromatic carbocycles. The van der Waals surface area contributed by atoms with E-state index in [0.29, 0.717) is 5.69 Å². The van der Waals surface area contributed by atoms with Crippen molar-refractivity contribution in [3.63, 3.8) is 0 Å². The first kappa shape index (κ1) is 19.2. The van der Waals surface area contributed by atoms with Gasteiger partial charge in [-0.25, -0.2) is 4.79 Å². The molecule has 0 unspecified atom stereocenters. The van der Waals surface area contributed by atoms with E-state index < -0.39 is 17.9 Å². The molecule has 10 heteroatoms. The molecular formula is C18H15N3O6S. The maximum Gasteiger partial charge on any atom is 0.413 e. The lowest BCUT2D eigenvalue weighted by atomic mass is 10.1. The van der Waals surface area contributed by atoms with E-state index in [4.69, 9.17) is 0 Å². The molecule has 0 saturated carbocycles. The Balaban J connectivity index is 1.78. The van der Waals surface area contributed by atoms with Crippen LogP contribution in [0.5, 0.6) is 0 Å². The highest BCUT2D eigenvalue weighted by atomic mass is 32.1. The number of hydrogen-bond acceptors (Lipinski definition) is 7. The van der Waals surface area contributed by atoms with E-state index >= 15 is 0 Å². The summed E-state index contributed by atoms with van der Waals surface area (Å²) < 4.78 is 4.37. The Labute approximate surface area is 163 Å². The van der Waals surface area contributed by atoms with Gasteiger partial charge < -0.3 is 10.1 Å². The minimum atomic E-state index is -0.916. The fourth-order valence-corrected chi connectivity index (χ4v) is 3.40. The van der Waals surface area contributed by atoms with Gasteiger partial charge in [0.15, 0.2) is 0 Å². The molecule has 144 valence electrons. The number of imide groups is 2. The van der Waals surface area contributed by atoms with Gasteiger partial charge in [0.1, 0.15) is 5.00 Å². The number of ether oxygens (including phenoxy) is 1. The molecule has 2 aromatic rings. The van der Waals surface area contributed by atoms with E-state index in [-0.39, 0.29) is 40.8 Å². The summed E-state index contributed by atoms with van der Waals surface area (Å²) in [6, 6.07) is 7.53. The molecule has 0 bridgehead atoms. The summed E-state index contributed by atoms with van der Waals surface area (Å²) in [7, 11) is 1.13. The van der Waals surface area contributed by atoms with Crippen molar-refractivity contribution in [1.82, 2.24) is 5.32 Å². The van der Waals surface area contributed by atoms with Crippen molar-refractivity contribution in [2.75, 3.05) is 17.3 Å². The molecule has 5 amide bonds. The molecule has 1 aliphatic rings. The van der Waals surface area contributed by atoms with Gasteiger partial charge in [-0.05, 0) is 29.6 Å². The SMILES string of the molecule is COC(=O)NC(=O)c1ccsc1NC(=O)c1cccc(N2C(=O)CCC2=O)c1. The lowest BCUT2D eigenvalue weighted by Crippen LogP contribution is -2.30. The average molecular weight is 401 g/mol. The predicted octanol–water partition coefficient (Wildman–Crippen LogP) is 2.15. The Bertz CT molecular complexity index is 967. The van der Waals surface area contributed by atoms with Gasteiger partial charge in [0.05, 0.1) is 18.4 Å². The van der Waals surface area contributed by atoms with Crippen LogP contribution in [0.3, 0.4) is 0 Å². The third kappa shape index (κ3) is 3.91. The van der Waals surface area contributed by atoms with Gasteiger partial charge in [-0.1, -0.05) is 6.07 Å². The van der Waals surface area contributed by atoms with Crippen LogP contribution in [0, 0.1) is 0 Å². The zero-order valence-electron chi connectivity index (χ0n) is 14.7. The van der Waals surface area contributed by atoms with Crippen molar-refractivity contribution in [1.29, 1.82) is 0 Å². The van der Waals surface area contributed by atoms with Crippen LogP contribution in [0.2, 0.25) is 0 Å². The number of anilines is 2. The van der Waals surface area contributed by atoms with Crippen molar-refractivity contribution in [3.05, 3.63) is 46.8 Å². The zero-order chi connectivity index (χ0) is 20.3. The van der Waals surface area contributed by atoms with Crippen LogP contribution in [0.1, 0.15) is 33.6 Å². The van der Waals surface area contributed by atoms with E-state index in [2.05, 4.69) is 10.1 Å². The number of hydrogen-bond donors (Lipinski definition) is 2. The maximum atomic E-state index is 12.6. The molecule has 1 aromatic heterocycles. The number of nitrogens with one attached hydrogen (secondary N) is 2. The zero-order valence-corrected chi connectivity index (χ0v) is 15.5. The number of methoxy groups -OCH3 is 1. The topological polar surface area (TPSA) is 122 Å². The summed E-state index contributed by atoms with van der Waals surface area (Å²) in [6.07, 6.45) is -0.632. The summed E-state index contributed by atoms with van der Waals surface area (Å²) in [4.78, 5) is 60.7. The second kappa shape index (κ2) is 8.01. The molecule has 2 heterocycles. The highest BCUT2D eigenvalue weighted by molar-refractivity contribution is 7.14. The normalized spacial score (nSPS) is 13.4. The van der Waals surface area contributed by atoms with Crippen molar-refractivity contribution < 1.29 is 28.7 Å². The largest absolute Gasteiger partial charge is 0.453 e. The van der Waals surface area contributed by atoms with Gasteiger partial charge >= 0.3 is 6.09 Å². The smallest absolute Gasteiger partial charge is 0.413 e. The maximum absolute atomic E-state index is 12.6. The van der Waals surface area contributed by atoms with Gasteiger partial charge in [-0.2, -0.15) is 0 Å². The van der Waals surface area contributed by atoms with Gasteiger partial charge in [-0.3, -0.25) is 29.4 Å². The molecule has 1 aliphatic heterocycles. The Kier molecular flexibility index (Phi) is 5.50. The molecule has 28 heavy (non-hydrogen) atoms. The number of rotatable bonds is 4. The molecular weight excluding hydrogens is 386 g/mol. The quantitative estimate of drug-likeness (QED) is 0.757. The van der Waals surface area contributed by atoms with Crippen LogP contribution in [0.15, 0.2) is 35.7 Å². The Hall–Kier alpha value is -3.53. The number of alkyl carbamates (subject to hydrolysis) is 1. The van der Waals surface area contributed by atoms with Gasteiger partial charge in [0.25, 0.3) is 11.8 Å². The molecule has 2 N–H and O–H groups in total. The first-order chi connectivity index (χ1) is 13.4. The van der Waals surface area contributed by atoms with Crippen LogP contribution in [-0.4, -0.2) is 36.8 Å². The fourth-order valence-electron chi connectivity index (χ4n) is 2.62. The lowest BCUT2D eigenvalue weighted by Gasteiger charge is -2.14. The minimum absolute atomic E-state index is 0.102. The molecule has 1 fully saturated rings. The molecule has 1 saturated heterocycles. The first-order valence-corrected chi connectivity index (χ1v) is 9.02. The van der Waals surface area contributed by atoms with Crippen LogP contribution in [-0.2, 0) is 14.3 Å². The summed E-state index contributed by atoms with van der Waals surface area (Å²) in [5, 5.41) is 6.44. The van der Waals surface area contributed by atoms with Gasteiger partial charge in [0, 0.05) is 18.4 Å². The van der Waals surface area contributed by atoms with E-state index in [1.807, 2.05) is 5.32 Å². The number of amides is 5. The summed E-state index contributed by atoms with van der Waals surface area (Å²) in [5.41, 5.74) is 0.623. The molecule has 0 aliphatic carbocycles. The van der Waals surface area contributed by atoms with E-state index in [1.165, 1.54) is 18.2 Å². The summed E-state index contributed by atoms with van der Waals surface area (Å²) in [6.45, 7) is 0. The van der Waals surface area contributed by atoms with E-state index in [1.54, 1.807) is 17.5 Å². The third-order valence-corrected chi connectivity index (χ3v) is 4.79. The molecule has 0 spiro atoms. The average Bonchev–Trinajstić information content (AvgIpc) is 3.27. The van der Waals surface area contributed by atoms with Crippen molar-refractivity contribution in [2.24, 2.45) is 0 Å². The van der Waals surface area contributed by atoms with E-state index in [9.17, 15) is 24.0 Å². The molecule has 0 atom stereocenters.